The van der Waals surface area contributed by atoms with Gasteiger partial charge in [-0.3, -0.25) is 0 Å². The molecule has 14 heavy (non-hydrogen) atoms. The first-order chi connectivity index (χ1) is 6.59. The van der Waals surface area contributed by atoms with Crippen LogP contribution in [0.5, 0.6) is 0 Å². The SMILES string of the molecule is CN(C)CCCN(C)CC(O)C1CC1. The van der Waals surface area contributed by atoms with Gasteiger partial charge in [0, 0.05) is 6.54 Å². The van der Waals surface area contributed by atoms with Gasteiger partial charge in [-0.05, 0) is 59.4 Å². The molecule has 0 radical (unpaired) electrons. The summed E-state index contributed by atoms with van der Waals surface area (Å²) in [6.45, 7) is 3.06. The number of nitrogens with zero attached hydrogens (tertiary/aromatic N) is 2. The van der Waals surface area contributed by atoms with Gasteiger partial charge < -0.3 is 14.9 Å². The van der Waals surface area contributed by atoms with Crippen LogP contribution in [0.2, 0.25) is 0 Å². The Morgan fingerprint density at radius 3 is 2.36 bits per heavy atom. The van der Waals surface area contributed by atoms with Crippen molar-refractivity contribution in [2.24, 2.45) is 5.92 Å². The Hall–Kier alpha value is -0.120. The fraction of sp³-hybridized carbons (Fsp3) is 1.00. The van der Waals surface area contributed by atoms with Gasteiger partial charge in [0.05, 0.1) is 6.10 Å². The third-order valence-corrected chi connectivity index (χ3v) is 2.81. The normalized spacial score (nSPS) is 19.3. The van der Waals surface area contributed by atoms with E-state index < -0.39 is 0 Å². The molecule has 0 heterocycles. The zero-order valence-corrected chi connectivity index (χ0v) is 9.74. The van der Waals surface area contributed by atoms with E-state index in [9.17, 15) is 5.11 Å². The molecule has 1 atom stereocenters. The summed E-state index contributed by atoms with van der Waals surface area (Å²) in [5, 5.41) is 9.72. The molecule has 84 valence electrons. The van der Waals surface area contributed by atoms with Crippen molar-refractivity contribution in [1.29, 1.82) is 0 Å². The molecule has 0 aliphatic heterocycles. The molecular weight excluding hydrogens is 176 g/mol. The summed E-state index contributed by atoms with van der Waals surface area (Å²) in [5.41, 5.74) is 0. The Morgan fingerprint density at radius 2 is 1.86 bits per heavy atom. The summed E-state index contributed by atoms with van der Waals surface area (Å²) in [7, 11) is 6.29. The summed E-state index contributed by atoms with van der Waals surface area (Å²) >= 11 is 0. The second-order valence-corrected chi connectivity index (χ2v) is 4.82. The van der Waals surface area contributed by atoms with E-state index in [1.807, 2.05) is 0 Å². The van der Waals surface area contributed by atoms with Crippen LogP contribution in [0, 0.1) is 5.92 Å². The zero-order valence-electron chi connectivity index (χ0n) is 9.74. The number of likely N-dealkylation sites (N-methyl/N-ethyl adjacent to an activating group) is 1. The van der Waals surface area contributed by atoms with Crippen LogP contribution in [-0.4, -0.2) is 61.8 Å². The van der Waals surface area contributed by atoms with Crippen LogP contribution < -0.4 is 0 Å². The topological polar surface area (TPSA) is 26.7 Å². The molecule has 3 heteroatoms. The van der Waals surface area contributed by atoms with Gasteiger partial charge in [-0.2, -0.15) is 0 Å². The molecule has 0 bridgehead atoms. The lowest BCUT2D eigenvalue weighted by Gasteiger charge is -2.21. The predicted molar refractivity (Wildman–Crippen MR) is 59.4 cm³/mol. The smallest absolute Gasteiger partial charge is 0.0695 e. The predicted octanol–water partition coefficient (Wildman–Crippen LogP) is 0.641. The van der Waals surface area contributed by atoms with Crippen molar-refractivity contribution in [3.63, 3.8) is 0 Å². The Labute approximate surface area is 87.7 Å². The van der Waals surface area contributed by atoms with Crippen LogP contribution in [-0.2, 0) is 0 Å². The Balaban J connectivity index is 2.00. The van der Waals surface area contributed by atoms with E-state index in [1.165, 1.54) is 19.3 Å². The summed E-state index contributed by atoms with van der Waals surface area (Å²) < 4.78 is 0. The molecule has 1 N–H and O–H groups in total. The number of hydrogen-bond donors (Lipinski definition) is 1. The molecule has 3 nitrogen and oxygen atoms in total. The van der Waals surface area contributed by atoms with Crippen LogP contribution in [0.25, 0.3) is 0 Å². The van der Waals surface area contributed by atoms with Gasteiger partial charge in [-0.1, -0.05) is 0 Å². The first-order valence-corrected chi connectivity index (χ1v) is 5.61. The molecule has 0 spiro atoms. The Kier molecular flexibility index (Phi) is 4.85. The summed E-state index contributed by atoms with van der Waals surface area (Å²) in [4.78, 5) is 4.44. The van der Waals surface area contributed by atoms with Gasteiger partial charge in [0.1, 0.15) is 0 Å². The molecule has 0 aromatic carbocycles. The van der Waals surface area contributed by atoms with Crippen LogP contribution in [0.1, 0.15) is 19.3 Å². The van der Waals surface area contributed by atoms with Crippen molar-refractivity contribution in [2.75, 3.05) is 40.8 Å². The average Bonchev–Trinajstić information content (AvgIpc) is 2.84. The van der Waals surface area contributed by atoms with E-state index in [4.69, 9.17) is 0 Å². The Bertz CT molecular complexity index is 157. The van der Waals surface area contributed by atoms with Crippen LogP contribution >= 0.6 is 0 Å². The van der Waals surface area contributed by atoms with Gasteiger partial charge in [0.2, 0.25) is 0 Å². The molecular formula is C11H24N2O. The monoisotopic (exact) mass is 200 g/mol. The third kappa shape index (κ3) is 4.94. The molecule has 1 fully saturated rings. The van der Waals surface area contributed by atoms with Crippen LogP contribution in [0.3, 0.4) is 0 Å². The van der Waals surface area contributed by atoms with Crippen molar-refractivity contribution in [2.45, 2.75) is 25.4 Å². The molecule has 1 aliphatic carbocycles. The van der Waals surface area contributed by atoms with Crippen molar-refractivity contribution in [3.05, 3.63) is 0 Å². The lowest BCUT2D eigenvalue weighted by atomic mass is 10.2. The fourth-order valence-electron chi connectivity index (χ4n) is 1.70. The van der Waals surface area contributed by atoms with E-state index in [1.54, 1.807) is 0 Å². The number of aliphatic hydroxyl groups is 1. The highest BCUT2D eigenvalue weighted by atomic mass is 16.3. The Morgan fingerprint density at radius 1 is 1.21 bits per heavy atom. The number of hydrogen-bond acceptors (Lipinski definition) is 3. The van der Waals surface area contributed by atoms with Crippen molar-refractivity contribution >= 4 is 0 Å². The fourth-order valence-corrected chi connectivity index (χ4v) is 1.70. The van der Waals surface area contributed by atoms with E-state index in [0.29, 0.717) is 5.92 Å². The summed E-state index contributed by atoms with van der Waals surface area (Å²) in [5.74, 6) is 0.603. The van der Waals surface area contributed by atoms with Crippen molar-refractivity contribution in [1.82, 2.24) is 9.80 Å². The van der Waals surface area contributed by atoms with Gasteiger partial charge >= 0.3 is 0 Å². The standard InChI is InChI=1S/C11H24N2O/c1-12(2)7-4-8-13(3)9-11(14)10-5-6-10/h10-11,14H,4-9H2,1-3H3. The van der Waals surface area contributed by atoms with Crippen LogP contribution in [0.4, 0.5) is 0 Å². The lowest BCUT2D eigenvalue weighted by Crippen LogP contribution is -2.32. The largest absolute Gasteiger partial charge is 0.392 e. The van der Waals surface area contributed by atoms with E-state index in [0.717, 1.165) is 19.6 Å². The lowest BCUT2D eigenvalue weighted by molar-refractivity contribution is 0.105. The molecule has 0 amide bonds. The maximum Gasteiger partial charge on any atom is 0.0695 e. The van der Waals surface area contributed by atoms with E-state index in [-0.39, 0.29) is 6.10 Å². The quantitative estimate of drug-likeness (QED) is 0.653. The highest BCUT2D eigenvalue weighted by Gasteiger charge is 2.29. The highest BCUT2D eigenvalue weighted by Crippen LogP contribution is 2.32. The second kappa shape index (κ2) is 5.69. The maximum absolute atomic E-state index is 9.72. The molecule has 1 saturated carbocycles. The molecule has 1 unspecified atom stereocenters. The minimum Gasteiger partial charge on any atom is -0.392 e. The van der Waals surface area contributed by atoms with E-state index in [2.05, 4.69) is 30.9 Å². The second-order valence-electron chi connectivity index (χ2n) is 4.82. The summed E-state index contributed by atoms with van der Waals surface area (Å²) in [6, 6.07) is 0. The first-order valence-electron chi connectivity index (χ1n) is 5.61. The maximum atomic E-state index is 9.72. The van der Waals surface area contributed by atoms with Crippen molar-refractivity contribution in [3.8, 4) is 0 Å². The molecule has 0 aromatic rings. The summed E-state index contributed by atoms with van der Waals surface area (Å²) in [6.07, 6.45) is 3.56. The van der Waals surface area contributed by atoms with Gasteiger partial charge in [0.15, 0.2) is 0 Å². The first kappa shape index (κ1) is 12.0. The zero-order chi connectivity index (χ0) is 10.6. The average molecular weight is 200 g/mol. The minimum absolute atomic E-state index is 0.0839. The minimum atomic E-state index is -0.0839. The van der Waals surface area contributed by atoms with Gasteiger partial charge in [-0.25, -0.2) is 0 Å². The molecule has 1 aliphatic rings. The molecule has 0 saturated heterocycles. The number of aliphatic hydroxyl groups excluding tert-OH is 1. The van der Waals surface area contributed by atoms with E-state index >= 15 is 0 Å². The van der Waals surface area contributed by atoms with Gasteiger partial charge in [-0.15, -0.1) is 0 Å². The number of rotatable bonds is 7. The van der Waals surface area contributed by atoms with Gasteiger partial charge in [0.25, 0.3) is 0 Å². The van der Waals surface area contributed by atoms with Crippen LogP contribution in [0.15, 0.2) is 0 Å². The van der Waals surface area contributed by atoms with Crippen molar-refractivity contribution < 1.29 is 5.11 Å². The molecule has 0 aromatic heterocycles. The third-order valence-electron chi connectivity index (χ3n) is 2.81. The molecule has 1 rings (SSSR count). The highest BCUT2D eigenvalue weighted by molar-refractivity contribution is 4.82.